The van der Waals surface area contributed by atoms with Crippen LogP contribution in [0.5, 0.6) is 11.5 Å². The minimum atomic E-state index is -0.883. The quantitative estimate of drug-likeness (QED) is 0.396. The first kappa shape index (κ1) is 20.8. The van der Waals surface area contributed by atoms with E-state index in [1.807, 2.05) is 0 Å². The summed E-state index contributed by atoms with van der Waals surface area (Å²) in [5.74, 6) is -0.363. The number of nitrogens with zero attached hydrogens (tertiary/aromatic N) is 3. The van der Waals surface area contributed by atoms with Crippen molar-refractivity contribution in [3.8, 4) is 11.5 Å². The number of aromatic nitrogens is 2. The zero-order valence-corrected chi connectivity index (χ0v) is 18.1. The molecule has 1 aliphatic rings. The summed E-state index contributed by atoms with van der Waals surface area (Å²) in [4.78, 5) is 28.2. The molecule has 0 N–H and O–H groups in total. The normalized spacial score (nSPS) is 15.0. The van der Waals surface area contributed by atoms with Crippen molar-refractivity contribution in [1.82, 2.24) is 10.2 Å². The summed E-state index contributed by atoms with van der Waals surface area (Å²) in [6.07, 6.45) is 1.60. The summed E-state index contributed by atoms with van der Waals surface area (Å²) in [5, 5.41) is 8.18. The van der Waals surface area contributed by atoms with Gasteiger partial charge in [0.05, 0.1) is 24.1 Å². The number of amides is 1. The molecule has 0 radical (unpaired) electrons. The molecule has 1 amide bonds. The molecule has 8 nitrogen and oxygen atoms in total. The fraction of sp³-hybridized carbons (Fsp3) is 0.130. The monoisotopic (exact) mass is 465 g/mol. The molecule has 1 aliphatic heterocycles. The molecular weight excluding hydrogens is 449 g/mol. The second kappa shape index (κ2) is 8.14. The van der Waals surface area contributed by atoms with Crippen molar-refractivity contribution in [2.45, 2.75) is 6.04 Å². The molecule has 10 heteroatoms. The lowest BCUT2D eigenvalue weighted by atomic mass is 9.98. The molecule has 0 bridgehead atoms. The molecule has 2 aromatic heterocycles. The molecule has 33 heavy (non-hydrogen) atoms. The number of rotatable bonds is 6. The van der Waals surface area contributed by atoms with E-state index < -0.39 is 23.2 Å². The third-order valence-corrected chi connectivity index (χ3v) is 5.94. The van der Waals surface area contributed by atoms with Gasteiger partial charge in [0, 0.05) is 0 Å². The van der Waals surface area contributed by atoms with Gasteiger partial charge in [-0.1, -0.05) is 30.1 Å². The highest BCUT2D eigenvalue weighted by Gasteiger charge is 2.45. The maximum Gasteiger partial charge on any atom is 0.297 e. The highest BCUT2D eigenvalue weighted by molar-refractivity contribution is 7.13. The molecule has 0 aliphatic carbocycles. The molecule has 0 saturated carbocycles. The standard InChI is InChI=1S/C23H16FN3O5S/c1-3-8-31-16-6-4-12(9-17(16)30-2)19-18-20(28)14-10-13(24)5-7-15(14)32-21(18)22(29)27(19)23-26-25-11-33-23/h3-7,9-11,19H,1,8H2,2H3. The Morgan fingerprint density at radius 2 is 2.09 bits per heavy atom. The van der Waals surface area contributed by atoms with Crippen LogP contribution in [-0.4, -0.2) is 29.8 Å². The number of halogens is 1. The van der Waals surface area contributed by atoms with Crippen molar-refractivity contribution < 1.29 is 23.1 Å². The Morgan fingerprint density at radius 1 is 1.24 bits per heavy atom. The summed E-state index contributed by atoms with van der Waals surface area (Å²) in [6.45, 7) is 3.91. The topological polar surface area (TPSA) is 94.8 Å². The van der Waals surface area contributed by atoms with Crippen LogP contribution in [0, 0.1) is 5.82 Å². The van der Waals surface area contributed by atoms with Crippen molar-refractivity contribution in [2.75, 3.05) is 18.6 Å². The van der Waals surface area contributed by atoms with E-state index in [9.17, 15) is 14.0 Å². The summed E-state index contributed by atoms with van der Waals surface area (Å²) >= 11 is 1.14. The molecule has 1 atom stereocenters. The number of anilines is 1. The zero-order chi connectivity index (χ0) is 23.1. The van der Waals surface area contributed by atoms with Crippen LogP contribution in [0.3, 0.4) is 0 Å². The van der Waals surface area contributed by atoms with Gasteiger partial charge < -0.3 is 13.9 Å². The average molecular weight is 465 g/mol. The van der Waals surface area contributed by atoms with Gasteiger partial charge in [-0.25, -0.2) is 4.39 Å². The Morgan fingerprint density at radius 3 is 2.82 bits per heavy atom. The van der Waals surface area contributed by atoms with E-state index in [0.717, 1.165) is 17.4 Å². The molecule has 4 aromatic rings. The first-order valence-corrected chi connectivity index (χ1v) is 10.7. The van der Waals surface area contributed by atoms with Gasteiger partial charge >= 0.3 is 0 Å². The molecule has 0 spiro atoms. The van der Waals surface area contributed by atoms with Crippen molar-refractivity contribution in [2.24, 2.45) is 0 Å². The van der Waals surface area contributed by atoms with Gasteiger partial charge in [0.1, 0.15) is 23.5 Å². The smallest absolute Gasteiger partial charge is 0.297 e. The highest BCUT2D eigenvalue weighted by Crippen LogP contribution is 2.43. The Kier molecular flexibility index (Phi) is 5.14. The number of methoxy groups -OCH3 is 1. The van der Waals surface area contributed by atoms with Crippen LogP contribution in [0.2, 0.25) is 0 Å². The van der Waals surface area contributed by atoms with Crippen LogP contribution >= 0.6 is 11.3 Å². The van der Waals surface area contributed by atoms with Gasteiger partial charge in [0.25, 0.3) is 5.91 Å². The molecule has 2 aromatic carbocycles. The second-order valence-corrected chi connectivity index (χ2v) is 7.94. The van der Waals surface area contributed by atoms with Crippen LogP contribution in [0.4, 0.5) is 9.52 Å². The molecule has 5 rings (SSSR count). The van der Waals surface area contributed by atoms with E-state index in [-0.39, 0.29) is 34.0 Å². The Hall–Kier alpha value is -4.05. The van der Waals surface area contributed by atoms with Crippen LogP contribution in [-0.2, 0) is 0 Å². The van der Waals surface area contributed by atoms with Crippen LogP contribution < -0.4 is 19.8 Å². The number of hydrogen-bond donors (Lipinski definition) is 0. The predicted octanol–water partition coefficient (Wildman–Crippen LogP) is 4.11. The molecular formula is C23H16FN3O5S. The van der Waals surface area contributed by atoms with Crippen molar-refractivity contribution in [1.29, 1.82) is 0 Å². The lowest BCUT2D eigenvalue weighted by Gasteiger charge is -2.23. The summed E-state index contributed by atoms with van der Waals surface area (Å²) in [7, 11) is 1.49. The van der Waals surface area contributed by atoms with E-state index in [2.05, 4.69) is 16.8 Å². The number of fused-ring (bicyclic) bond motifs is 2. The molecule has 0 fully saturated rings. The van der Waals surface area contributed by atoms with E-state index in [0.29, 0.717) is 17.1 Å². The minimum absolute atomic E-state index is 0.0450. The first-order valence-electron chi connectivity index (χ1n) is 9.81. The third-order valence-electron chi connectivity index (χ3n) is 5.25. The SMILES string of the molecule is C=CCOc1ccc(C2c3c(oc4ccc(F)cc4c3=O)C(=O)N2c2nncs2)cc1OC. The number of carbonyl (C=O) groups is 1. The maximum absolute atomic E-state index is 13.9. The molecule has 1 unspecified atom stereocenters. The molecule has 166 valence electrons. The fourth-order valence-electron chi connectivity index (χ4n) is 3.85. The van der Waals surface area contributed by atoms with Gasteiger partial charge in [0.15, 0.2) is 16.9 Å². The van der Waals surface area contributed by atoms with E-state index in [1.165, 1.54) is 29.7 Å². The number of ether oxygens (including phenoxy) is 2. The summed E-state index contributed by atoms with van der Waals surface area (Å²) < 4.78 is 30.8. The average Bonchev–Trinajstić information content (AvgIpc) is 3.45. The maximum atomic E-state index is 13.9. The molecule has 3 heterocycles. The largest absolute Gasteiger partial charge is 0.493 e. The summed E-state index contributed by atoms with van der Waals surface area (Å²) in [5.41, 5.74) is 1.76. The second-order valence-electron chi connectivity index (χ2n) is 7.12. The van der Waals surface area contributed by atoms with Crippen molar-refractivity contribution in [3.63, 3.8) is 0 Å². The Bertz CT molecular complexity index is 1450. The number of benzene rings is 2. The van der Waals surface area contributed by atoms with Gasteiger partial charge in [-0.15, -0.1) is 10.2 Å². The lowest BCUT2D eigenvalue weighted by molar-refractivity contribution is 0.0970. The molecule has 0 saturated heterocycles. The number of hydrogen-bond acceptors (Lipinski definition) is 8. The van der Waals surface area contributed by atoms with Gasteiger partial charge in [-0.3, -0.25) is 14.5 Å². The predicted molar refractivity (Wildman–Crippen MR) is 120 cm³/mol. The van der Waals surface area contributed by atoms with Gasteiger partial charge in [-0.2, -0.15) is 0 Å². The van der Waals surface area contributed by atoms with Crippen LogP contribution in [0.25, 0.3) is 11.0 Å². The fourth-order valence-corrected chi connectivity index (χ4v) is 4.44. The van der Waals surface area contributed by atoms with E-state index in [4.69, 9.17) is 13.9 Å². The van der Waals surface area contributed by atoms with Gasteiger partial charge in [0.2, 0.25) is 10.9 Å². The summed E-state index contributed by atoms with van der Waals surface area (Å²) in [6, 6.07) is 7.79. The minimum Gasteiger partial charge on any atom is -0.493 e. The Labute approximate surface area is 190 Å². The van der Waals surface area contributed by atoms with E-state index in [1.54, 1.807) is 24.3 Å². The van der Waals surface area contributed by atoms with Crippen LogP contribution in [0.15, 0.2) is 63.8 Å². The third kappa shape index (κ3) is 3.35. The zero-order valence-electron chi connectivity index (χ0n) is 17.3. The number of carbonyl (C=O) groups excluding carboxylic acids is 1. The Balaban J connectivity index is 1.75. The van der Waals surface area contributed by atoms with Crippen molar-refractivity contribution in [3.05, 3.63) is 87.5 Å². The van der Waals surface area contributed by atoms with E-state index >= 15 is 0 Å². The van der Waals surface area contributed by atoms with Crippen molar-refractivity contribution >= 4 is 33.3 Å². The van der Waals surface area contributed by atoms with Crippen LogP contribution in [0.1, 0.15) is 27.7 Å². The lowest BCUT2D eigenvalue weighted by Crippen LogP contribution is -2.29. The highest BCUT2D eigenvalue weighted by atomic mass is 32.1. The first-order chi connectivity index (χ1) is 16.0. The van der Waals surface area contributed by atoms with Gasteiger partial charge in [-0.05, 0) is 35.9 Å².